The van der Waals surface area contributed by atoms with Crippen molar-refractivity contribution in [3.8, 4) is 0 Å². The van der Waals surface area contributed by atoms with E-state index in [-0.39, 0.29) is 6.61 Å². The lowest BCUT2D eigenvalue weighted by molar-refractivity contribution is -0.147. The fraction of sp³-hybridized carbons (Fsp3) is 0.800. The minimum absolute atomic E-state index is 0.205. The van der Waals surface area contributed by atoms with Gasteiger partial charge in [0.15, 0.2) is 0 Å². The third kappa shape index (κ3) is 31.9. The number of carbonyl (C=O) groups is 4. The van der Waals surface area contributed by atoms with E-state index in [1.165, 1.54) is 0 Å². The largest absolute Gasteiger partial charge is 0.481 e. The summed E-state index contributed by atoms with van der Waals surface area (Å²) in [5.41, 5.74) is 0. The van der Waals surface area contributed by atoms with Crippen LogP contribution in [0.5, 0.6) is 0 Å². The van der Waals surface area contributed by atoms with Gasteiger partial charge >= 0.3 is 0 Å². The third-order valence-electron chi connectivity index (χ3n) is 3.54. The average Bonchev–Trinajstić information content (AvgIpc) is 2.58. The summed E-state index contributed by atoms with van der Waals surface area (Å²) < 4.78 is 0. The second kappa shape index (κ2) is 22.9. The summed E-state index contributed by atoms with van der Waals surface area (Å²) in [6.45, 7) is 9.38. The molecule has 1 aliphatic rings. The fourth-order valence-electron chi connectivity index (χ4n) is 2.57. The van der Waals surface area contributed by atoms with Gasteiger partial charge in [0.05, 0.1) is 18.8 Å². The number of hydrogen-bond donors (Lipinski definition) is 8. The van der Waals surface area contributed by atoms with Gasteiger partial charge in [-0.1, -0.05) is 20.3 Å². The van der Waals surface area contributed by atoms with E-state index in [0.29, 0.717) is 12.5 Å². The van der Waals surface area contributed by atoms with Crippen molar-refractivity contribution in [2.24, 2.45) is 5.92 Å². The molecule has 13 heteroatoms. The molecule has 0 aliphatic carbocycles. The lowest BCUT2D eigenvalue weighted by atomic mass is 9.92. The number of carboxylic acids is 4. The van der Waals surface area contributed by atoms with Crippen molar-refractivity contribution >= 4 is 23.9 Å². The van der Waals surface area contributed by atoms with Gasteiger partial charge in [-0.2, -0.15) is 0 Å². The minimum atomic E-state index is -1.16. The van der Waals surface area contributed by atoms with Crippen LogP contribution >= 0.6 is 0 Å². The summed E-state index contributed by atoms with van der Waals surface area (Å²) in [4.78, 5) is 37.9. The summed E-state index contributed by atoms with van der Waals surface area (Å²) in [6, 6.07) is -0.479. The maximum Gasteiger partial charge on any atom is 0.300 e. The van der Waals surface area contributed by atoms with Crippen molar-refractivity contribution in [2.75, 3.05) is 19.7 Å². The zero-order valence-electron chi connectivity index (χ0n) is 20.1. The maximum atomic E-state index is 9.81. The minimum Gasteiger partial charge on any atom is -0.481 e. The topological polar surface area (TPSA) is 233 Å². The second-order valence-electron chi connectivity index (χ2n) is 7.22. The van der Waals surface area contributed by atoms with Gasteiger partial charge in [-0.3, -0.25) is 24.1 Å². The van der Waals surface area contributed by atoms with E-state index in [1.807, 2.05) is 4.90 Å². The standard InChI is InChI=1S/C12H25NO4.4C2H4O2/c1-3-4-8(2)5-13-6-10(15)12(17)11(16)9(13)7-14;4*1-2(3)4/h8-12,14-17H,3-7H2,1-2H3;4*1H3,(H,3,4)/t8?,9?,10-,11+,12+;;;;/m0..../s1. The monoisotopic (exact) mass is 487 g/mol. The van der Waals surface area contributed by atoms with Gasteiger partial charge in [0, 0.05) is 40.8 Å². The SMILES string of the molecule is CC(=O)O.CC(=O)O.CC(=O)O.CC(=O)O.CCCC(C)CN1C[C@H](O)[C@@H](O)[C@H](O)C1CO. The van der Waals surface area contributed by atoms with Crippen LogP contribution in [0.4, 0.5) is 0 Å². The molecule has 0 aromatic rings. The Morgan fingerprint density at radius 1 is 0.818 bits per heavy atom. The molecule has 5 atom stereocenters. The fourth-order valence-corrected chi connectivity index (χ4v) is 2.57. The molecule has 0 aromatic carbocycles. The summed E-state index contributed by atoms with van der Waals surface area (Å²) in [5.74, 6) is -2.89. The van der Waals surface area contributed by atoms with Gasteiger partial charge in [-0.15, -0.1) is 0 Å². The number of aliphatic hydroxyl groups excluding tert-OH is 4. The zero-order chi connectivity index (χ0) is 27.3. The molecule has 33 heavy (non-hydrogen) atoms. The van der Waals surface area contributed by atoms with Crippen molar-refractivity contribution in [3.63, 3.8) is 0 Å². The first-order valence-electron chi connectivity index (χ1n) is 10.1. The molecule has 0 amide bonds. The molecular formula is C20H41NO12. The van der Waals surface area contributed by atoms with Gasteiger partial charge in [0.1, 0.15) is 12.2 Å². The van der Waals surface area contributed by atoms with Crippen LogP contribution in [-0.4, -0.2) is 114 Å². The average molecular weight is 488 g/mol. The van der Waals surface area contributed by atoms with Crippen LogP contribution in [0, 0.1) is 5.92 Å². The normalized spacial score (nSPS) is 22.1. The summed E-state index contributed by atoms with van der Waals surface area (Å²) >= 11 is 0. The number of β-amino-alcohol motifs (C(OH)–C–C–N with tert-alkyl or cyclic N) is 1. The smallest absolute Gasteiger partial charge is 0.300 e. The molecule has 0 aromatic heterocycles. The first kappa shape index (κ1) is 38.0. The number of piperidine rings is 1. The number of aliphatic hydroxyl groups is 4. The summed E-state index contributed by atoms with van der Waals surface area (Å²) in [5, 5.41) is 68.0. The molecule has 1 rings (SSSR count). The number of carboxylic acid groups (broad SMARTS) is 4. The molecule has 1 fully saturated rings. The zero-order valence-corrected chi connectivity index (χ0v) is 20.1. The van der Waals surface area contributed by atoms with E-state index in [0.717, 1.165) is 47.1 Å². The van der Waals surface area contributed by atoms with Gasteiger partial charge in [-0.25, -0.2) is 0 Å². The summed E-state index contributed by atoms with van der Waals surface area (Å²) in [6.07, 6.45) is -1.03. The van der Waals surface area contributed by atoms with Crippen molar-refractivity contribution in [2.45, 2.75) is 78.7 Å². The third-order valence-corrected chi connectivity index (χ3v) is 3.54. The van der Waals surface area contributed by atoms with Crippen LogP contribution in [0.2, 0.25) is 0 Å². The molecular weight excluding hydrogens is 446 g/mol. The predicted octanol–water partition coefficient (Wildman–Crippen LogP) is -0.455. The van der Waals surface area contributed by atoms with Crippen molar-refractivity contribution in [3.05, 3.63) is 0 Å². The van der Waals surface area contributed by atoms with Gasteiger partial charge in [0.25, 0.3) is 23.9 Å². The molecule has 1 heterocycles. The highest BCUT2D eigenvalue weighted by Gasteiger charge is 2.41. The Labute approximate surface area is 193 Å². The van der Waals surface area contributed by atoms with E-state index in [9.17, 15) is 20.4 Å². The Hall–Kier alpha value is -2.32. The highest BCUT2D eigenvalue weighted by molar-refractivity contribution is 5.63. The summed E-state index contributed by atoms with van der Waals surface area (Å²) in [7, 11) is 0. The Morgan fingerprint density at radius 2 is 1.15 bits per heavy atom. The van der Waals surface area contributed by atoms with E-state index in [1.54, 1.807) is 0 Å². The molecule has 0 spiro atoms. The van der Waals surface area contributed by atoms with Crippen LogP contribution in [0.1, 0.15) is 54.4 Å². The molecule has 198 valence electrons. The molecule has 0 bridgehead atoms. The van der Waals surface area contributed by atoms with E-state index < -0.39 is 48.2 Å². The van der Waals surface area contributed by atoms with Gasteiger partial charge in [0.2, 0.25) is 0 Å². The lowest BCUT2D eigenvalue weighted by Gasteiger charge is -2.44. The van der Waals surface area contributed by atoms with Crippen molar-refractivity contribution in [1.29, 1.82) is 0 Å². The number of hydrogen-bond acceptors (Lipinski definition) is 9. The van der Waals surface area contributed by atoms with E-state index in [2.05, 4.69) is 13.8 Å². The molecule has 13 nitrogen and oxygen atoms in total. The van der Waals surface area contributed by atoms with Crippen LogP contribution in [0.25, 0.3) is 0 Å². The second-order valence-corrected chi connectivity index (χ2v) is 7.22. The van der Waals surface area contributed by atoms with Gasteiger partial charge < -0.3 is 40.9 Å². The number of aliphatic carboxylic acids is 4. The molecule has 0 saturated carbocycles. The van der Waals surface area contributed by atoms with Crippen molar-refractivity contribution < 1.29 is 60.0 Å². The van der Waals surface area contributed by atoms with E-state index >= 15 is 0 Å². The highest BCUT2D eigenvalue weighted by atomic mass is 16.4. The quantitative estimate of drug-likeness (QED) is 0.245. The Balaban J connectivity index is -0.000000214. The van der Waals surface area contributed by atoms with E-state index in [4.69, 9.17) is 39.6 Å². The van der Waals surface area contributed by atoms with Gasteiger partial charge in [-0.05, 0) is 12.3 Å². The molecule has 1 saturated heterocycles. The van der Waals surface area contributed by atoms with Crippen LogP contribution < -0.4 is 0 Å². The Bertz CT molecular complexity index is 479. The number of likely N-dealkylation sites (tertiary alicyclic amines) is 1. The number of nitrogens with zero attached hydrogens (tertiary/aromatic N) is 1. The van der Waals surface area contributed by atoms with Crippen LogP contribution in [0.3, 0.4) is 0 Å². The van der Waals surface area contributed by atoms with Crippen molar-refractivity contribution in [1.82, 2.24) is 4.90 Å². The first-order valence-corrected chi connectivity index (χ1v) is 10.1. The molecule has 0 radical (unpaired) electrons. The predicted molar refractivity (Wildman–Crippen MR) is 118 cm³/mol. The molecule has 2 unspecified atom stereocenters. The Kier molecular flexibility index (Phi) is 26.3. The molecule has 1 aliphatic heterocycles. The molecule has 8 N–H and O–H groups in total. The van der Waals surface area contributed by atoms with Crippen LogP contribution in [-0.2, 0) is 19.2 Å². The maximum absolute atomic E-state index is 9.81. The highest BCUT2D eigenvalue weighted by Crippen LogP contribution is 2.21. The first-order chi connectivity index (χ1) is 14.9. The Morgan fingerprint density at radius 3 is 1.42 bits per heavy atom. The lowest BCUT2D eigenvalue weighted by Crippen LogP contribution is -2.63. The van der Waals surface area contributed by atoms with Crippen LogP contribution in [0.15, 0.2) is 0 Å². The number of rotatable bonds is 5.